The van der Waals surface area contributed by atoms with Gasteiger partial charge in [-0.3, -0.25) is 4.90 Å². The van der Waals surface area contributed by atoms with Gasteiger partial charge in [0.1, 0.15) is 0 Å². The first kappa shape index (κ1) is 13.4. The first-order valence-electron chi connectivity index (χ1n) is 7.74. The van der Waals surface area contributed by atoms with E-state index in [2.05, 4.69) is 31.1 Å². The predicted molar refractivity (Wildman–Crippen MR) is 74.3 cm³/mol. The number of piperidine rings is 2. The fourth-order valence-electron chi connectivity index (χ4n) is 4.15. The van der Waals surface area contributed by atoms with E-state index in [9.17, 15) is 0 Å². The average Bonchev–Trinajstić information content (AvgIpc) is 2.34. The van der Waals surface area contributed by atoms with Crippen LogP contribution in [0.5, 0.6) is 0 Å². The van der Waals surface area contributed by atoms with Gasteiger partial charge in [0.15, 0.2) is 0 Å². The SMILES string of the molecule is CCCC(CC)N1C2CCCC1CC(NC)C2. The maximum absolute atomic E-state index is 3.52. The summed E-state index contributed by atoms with van der Waals surface area (Å²) in [7, 11) is 2.14. The number of hydrogen-bond donors (Lipinski definition) is 1. The Hall–Kier alpha value is -0.0800. The fourth-order valence-corrected chi connectivity index (χ4v) is 4.15. The van der Waals surface area contributed by atoms with Gasteiger partial charge >= 0.3 is 0 Å². The fraction of sp³-hybridized carbons (Fsp3) is 1.00. The average molecular weight is 238 g/mol. The predicted octanol–water partition coefficient (Wildman–Crippen LogP) is 3.17. The first-order valence-corrected chi connectivity index (χ1v) is 7.74. The Morgan fingerprint density at radius 3 is 2.29 bits per heavy atom. The van der Waals surface area contributed by atoms with Gasteiger partial charge in [-0.25, -0.2) is 0 Å². The lowest BCUT2D eigenvalue weighted by molar-refractivity contribution is -0.0139. The maximum atomic E-state index is 3.52. The summed E-state index contributed by atoms with van der Waals surface area (Å²) in [5, 5.41) is 3.52. The van der Waals surface area contributed by atoms with Gasteiger partial charge in [-0.1, -0.05) is 26.7 Å². The summed E-state index contributed by atoms with van der Waals surface area (Å²) in [5.41, 5.74) is 0. The van der Waals surface area contributed by atoms with E-state index >= 15 is 0 Å². The Kier molecular flexibility index (Phi) is 4.87. The van der Waals surface area contributed by atoms with E-state index in [4.69, 9.17) is 0 Å². The highest BCUT2D eigenvalue weighted by Crippen LogP contribution is 2.37. The van der Waals surface area contributed by atoms with Crippen molar-refractivity contribution >= 4 is 0 Å². The second kappa shape index (κ2) is 6.19. The summed E-state index contributed by atoms with van der Waals surface area (Å²) >= 11 is 0. The molecule has 2 rings (SSSR count). The van der Waals surface area contributed by atoms with Gasteiger partial charge < -0.3 is 5.32 Å². The van der Waals surface area contributed by atoms with Gasteiger partial charge in [0.25, 0.3) is 0 Å². The number of rotatable bonds is 5. The number of fused-ring (bicyclic) bond motifs is 2. The van der Waals surface area contributed by atoms with Gasteiger partial charge in [0, 0.05) is 24.2 Å². The molecule has 17 heavy (non-hydrogen) atoms. The maximum Gasteiger partial charge on any atom is 0.0116 e. The Balaban J connectivity index is 2.06. The Bertz CT molecular complexity index is 215. The third kappa shape index (κ3) is 2.85. The third-order valence-corrected chi connectivity index (χ3v) is 4.95. The van der Waals surface area contributed by atoms with Crippen molar-refractivity contribution in [3.63, 3.8) is 0 Å². The van der Waals surface area contributed by atoms with Crippen LogP contribution in [0.4, 0.5) is 0 Å². The minimum Gasteiger partial charge on any atom is -0.317 e. The quantitative estimate of drug-likeness (QED) is 0.791. The minimum atomic E-state index is 0.778. The van der Waals surface area contributed by atoms with Crippen molar-refractivity contribution in [1.82, 2.24) is 10.2 Å². The zero-order valence-electron chi connectivity index (χ0n) is 11.9. The van der Waals surface area contributed by atoms with Gasteiger partial charge in [-0.2, -0.15) is 0 Å². The highest BCUT2D eigenvalue weighted by Gasteiger charge is 2.40. The van der Waals surface area contributed by atoms with E-state index in [0.29, 0.717) is 0 Å². The summed E-state index contributed by atoms with van der Waals surface area (Å²) in [6, 6.07) is 3.38. The van der Waals surface area contributed by atoms with Gasteiger partial charge in [0.2, 0.25) is 0 Å². The van der Waals surface area contributed by atoms with Crippen LogP contribution in [0.2, 0.25) is 0 Å². The molecule has 0 aliphatic carbocycles. The molecule has 0 spiro atoms. The summed E-state index contributed by atoms with van der Waals surface area (Å²) in [5.74, 6) is 0. The number of nitrogens with zero attached hydrogens (tertiary/aromatic N) is 1. The van der Waals surface area contributed by atoms with Crippen LogP contribution in [0.1, 0.15) is 65.2 Å². The smallest absolute Gasteiger partial charge is 0.0116 e. The van der Waals surface area contributed by atoms with Gasteiger partial charge in [0.05, 0.1) is 0 Å². The highest BCUT2D eigenvalue weighted by atomic mass is 15.2. The summed E-state index contributed by atoms with van der Waals surface area (Å²) < 4.78 is 0. The molecule has 2 nitrogen and oxygen atoms in total. The molecule has 0 aromatic heterocycles. The molecule has 2 bridgehead atoms. The molecular formula is C15H30N2. The molecule has 0 aromatic rings. The molecule has 2 aliphatic rings. The van der Waals surface area contributed by atoms with Crippen LogP contribution in [-0.2, 0) is 0 Å². The van der Waals surface area contributed by atoms with E-state index in [1.807, 2.05) is 0 Å². The van der Waals surface area contributed by atoms with Crippen LogP contribution in [0.25, 0.3) is 0 Å². The minimum absolute atomic E-state index is 0.778. The second-order valence-electron chi connectivity index (χ2n) is 5.99. The summed E-state index contributed by atoms with van der Waals surface area (Å²) in [6.07, 6.45) is 11.2. The lowest BCUT2D eigenvalue weighted by Crippen LogP contribution is -2.59. The van der Waals surface area contributed by atoms with Crippen LogP contribution < -0.4 is 5.32 Å². The van der Waals surface area contributed by atoms with E-state index in [1.54, 1.807) is 0 Å². The standard InChI is InChI=1S/C15H30N2/c1-4-7-13(5-2)17-14-8-6-9-15(17)11-12(10-14)16-3/h12-16H,4-11H2,1-3H3. The van der Waals surface area contributed by atoms with Crippen molar-refractivity contribution in [3.05, 3.63) is 0 Å². The molecule has 2 saturated heterocycles. The van der Waals surface area contributed by atoms with Crippen molar-refractivity contribution in [2.75, 3.05) is 7.05 Å². The van der Waals surface area contributed by atoms with E-state index in [-0.39, 0.29) is 0 Å². The van der Waals surface area contributed by atoms with Crippen LogP contribution in [0.15, 0.2) is 0 Å². The molecule has 3 unspecified atom stereocenters. The zero-order valence-corrected chi connectivity index (χ0v) is 11.9. The van der Waals surface area contributed by atoms with Crippen molar-refractivity contribution in [2.45, 2.75) is 89.4 Å². The summed E-state index contributed by atoms with van der Waals surface area (Å²) in [4.78, 5) is 2.92. The lowest BCUT2D eigenvalue weighted by atomic mass is 9.80. The van der Waals surface area contributed by atoms with Crippen molar-refractivity contribution in [3.8, 4) is 0 Å². The molecule has 2 aliphatic heterocycles. The van der Waals surface area contributed by atoms with Crippen LogP contribution in [-0.4, -0.2) is 36.1 Å². The molecule has 2 heteroatoms. The molecular weight excluding hydrogens is 208 g/mol. The largest absolute Gasteiger partial charge is 0.317 e. The molecule has 2 fully saturated rings. The van der Waals surface area contributed by atoms with Crippen molar-refractivity contribution in [1.29, 1.82) is 0 Å². The normalized spacial score (nSPS) is 35.8. The van der Waals surface area contributed by atoms with Crippen molar-refractivity contribution in [2.24, 2.45) is 0 Å². The lowest BCUT2D eigenvalue weighted by Gasteiger charge is -2.52. The molecule has 2 heterocycles. The molecule has 0 saturated carbocycles. The monoisotopic (exact) mass is 238 g/mol. The third-order valence-electron chi connectivity index (χ3n) is 4.95. The Labute approximate surface area is 107 Å². The molecule has 0 radical (unpaired) electrons. The number of hydrogen-bond acceptors (Lipinski definition) is 2. The Morgan fingerprint density at radius 1 is 1.18 bits per heavy atom. The molecule has 0 amide bonds. The van der Waals surface area contributed by atoms with Crippen LogP contribution in [0.3, 0.4) is 0 Å². The van der Waals surface area contributed by atoms with Gasteiger partial charge in [-0.05, 0) is 45.6 Å². The van der Waals surface area contributed by atoms with Crippen LogP contribution >= 0.6 is 0 Å². The zero-order chi connectivity index (χ0) is 12.3. The molecule has 0 aromatic carbocycles. The van der Waals surface area contributed by atoms with Gasteiger partial charge in [-0.15, -0.1) is 0 Å². The first-order chi connectivity index (χ1) is 8.30. The molecule has 3 atom stereocenters. The van der Waals surface area contributed by atoms with E-state index in [1.165, 1.54) is 51.4 Å². The van der Waals surface area contributed by atoms with E-state index in [0.717, 1.165) is 24.2 Å². The number of nitrogens with one attached hydrogen (secondary N) is 1. The highest BCUT2D eigenvalue weighted by molar-refractivity contribution is 4.97. The topological polar surface area (TPSA) is 15.3 Å². The van der Waals surface area contributed by atoms with Crippen LogP contribution in [0, 0.1) is 0 Å². The molecule has 100 valence electrons. The van der Waals surface area contributed by atoms with E-state index < -0.39 is 0 Å². The summed E-state index contributed by atoms with van der Waals surface area (Å²) in [6.45, 7) is 4.71. The Morgan fingerprint density at radius 2 is 1.82 bits per heavy atom. The molecule has 1 N–H and O–H groups in total. The second-order valence-corrected chi connectivity index (χ2v) is 5.99. The van der Waals surface area contributed by atoms with Crippen molar-refractivity contribution < 1.29 is 0 Å².